The van der Waals surface area contributed by atoms with Crippen LogP contribution in [-0.4, -0.2) is 15.0 Å². The molecule has 0 saturated heterocycles. The molecule has 2 aromatic rings. The molecule has 5 heteroatoms. The van der Waals surface area contributed by atoms with Gasteiger partial charge >= 0.3 is 0 Å². The van der Waals surface area contributed by atoms with Crippen LogP contribution in [0, 0.1) is 0 Å². The van der Waals surface area contributed by atoms with Gasteiger partial charge in [-0.1, -0.05) is 5.21 Å². The topological polar surface area (TPSA) is 30.7 Å². The van der Waals surface area contributed by atoms with E-state index in [2.05, 4.69) is 10.3 Å². The number of fused-ring (bicyclic) bond motifs is 1. The third kappa shape index (κ3) is 1.02. The largest absolute Gasteiger partial charge is 0.238 e. The van der Waals surface area contributed by atoms with Gasteiger partial charge in [0, 0.05) is 28.1 Å². The molecule has 2 heterocycles. The van der Waals surface area contributed by atoms with Gasteiger partial charge < -0.3 is 0 Å². The Morgan fingerprint density at radius 1 is 1.60 bits per heavy atom. The minimum absolute atomic E-state index is 0. The van der Waals surface area contributed by atoms with Crippen molar-refractivity contribution in [1.29, 1.82) is 0 Å². The van der Waals surface area contributed by atoms with E-state index in [1.54, 1.807) is 16.0 Å². The van der Waals surface area contributed by atoms with Crippen molar-refractivity contribution in [1.82, 2.24) is 15.0 Å². The molecule has 10 heavy (non-hydrogen) atoms. The Kier molecular flexibility index (Phi) is 2.21. The van der Waals surface area contributed by atoms with Crippen molar-refractivity contribution in [3.8, 4) is 0 Å². The van der Waals surface area contributed by atoms with Crippen LogP contribution in [0.3, 0.4) is 0 Å². The maximum absolute atomic E-state index is 3.90. The van der Waals surface area contributed by atoms with E-state index >= 15 is 0 Å². The quantitative estimate of drug-likeness (QED) is 0.720. The third-order valence-electron chi connectivity index (χ3n) is 1.21. The molecule has 0 N–H and O–H groups in total. The van der Waals surface area contributed by atoms with Gasteiger partial charge in [-0.25, -0.2) is 4.68 Å². The number of aromatic nitrogens is 3. The van der Waals surface area contributed by atoms with Gasteiger partial charge in [0.1, 0.15) is 10.3 Å². The molecule has 3 nitrogen and oxygen atoms in total. The van der Waals surface area contributed by atoms with Gasteiger partial charge in [0.05, 0.1) is 0 Å². The summed E-state index contributed by atoms with van der Waals surface area (Å²) in [6.45, 7) is 0. The summed E-state index contributed by atoms with van der Waals surface area (Å²) in [5.41, 5.74) is 0.988. The van der Waals surface area contributed by atoms with Gasteiger partial charge in [-0.2, -0.15) is 0 Å². The molecule has 0 aliphatic carbocycles. The van der Waals surface area contributed by atoms with Crippen LogP contribution < -0.4 is 0 Å². The Morgan fingerprint density at radius 3 is 3.10 bits per heavy atom. The predicted octanol–water partition coefficient (Wildman–Crippen LogP) is 1.03. The molecule has 0 atom stereocenters. The molecular weight excluding hydrogens is 329 g/mol. The number of nitrogens with zero attached hydrogens (tertiary/aromatic N) is 3. The van der Waals surface area contributed by atoms with Crippen LogP contribution in [0.5, 0.6) is 0 Å². The molecule has 0 aliphatic rings. The number of hydrogen-bond donors (Lipinski definition) is 0. The van der Waals surface area contributed by atoms with Crippen LogP contribution in [0.2, 0.25) is 0 Å². The number of hydrogen-bond acceptors (Lipinski definition) is 3. The minimum atomic E-state index is 0. The first kappa shape index (κ1) is 7.89. The van der Waals surface area contributed by atoms with Crippen molar-refractivity contribution in [3.63, 3.8) is 0 Å². The van der Waals surface area contributed by atoms with Crippen molar-refractivity contribution in [2.24, 2.45) is 7.05 Å². The fourth-order valence-electron chi connectivity index (χ4n) is 0.769. The summed E-state index contributed by atoms with van der Waals surface area (Å²) in [5, 5.41) is 9.75. The Bertz CT molecular complexity index is 326. The zero-order valence-electron chi connectivity index (χ0n) is 5.22. The first-order valence-corrected chi connectivity index (χ1v) is 3.49. The van der Waals surface area contributed by atoms with E-state index in [-0.39, 0.29) is 21.1 Å². The molecule has 2 rings (SSSR count). The molecular formula is C5H5N3PtS. The molecule has 0 fully saturated rings. The number of rotatable bonds is 0. The molecule has 0 aromatic carbocycles. The van der Waals surface area contributed by atoms with Crippen molar-refractivity contribution in [3.05, 3.63) is 11.4 Å². The maximum atomic E-state index is 3.90. The van der Waals surface area contributed by atoms with Crippen LogP contribution in [-0.2, 0) is 28.1 Å². The summed E-state index contributed by atoms with van der Waals surface area (Å²) in [6, 6.07) is 1.97. The van der Waals surface area contributed by atoms with Gasteiger partial charge in [-0.05, 0) is 11.4 Å². The number of thiophene rings is 1. The average Bonchev–Trinajstić information content (AvgIpc) is 2.35. The zero-order valence-corrected chi connectivity index (χ0v) is 8.31. The first-order valence-electron chi connectivity index (χ1n) is 2.61. The number of aryl methyl sites for hydroxylation is 1. The molecule has 0 aliphatic heterocycles. The summed E-state index contributed by atoms with van der Waals surface area (Å²) >= 11 is 1.66. The maximum Gasteiger partial charge on any atom is 0.141 e. The molecule has 0 spiro atoms. The standard InChI is InChI=1S/C5H5N3S.Pt/c1-8-5-4(6-7-8)2-3-9-5;/h2-3H,1H3;. The van der Waals surface area contributed by atoms with Gasteiger partial charge in [0.15, 0.2) is 0 Å². The van der Waals surface area contributed by atoms with E-state index < -0.39 is 0 Å². The minimum Gasteiger partial charge on any atom is -0.238 e. The van der Waals surface area contributed by atoms with Gasteiger partial charge in [0.25, 0.3) is 0 Å². The van der Waals surface area contributed by atoms with Crippen molar-refractivity contribution >= 4 is 21.7 Å². The van der Waals surface area contributed by atoms with Crippen molar-refractivity contribution in [2.45, 2.75) is 0 Å². The summed E-state index contributed by atoms with van der Waals surface area (Å²) in [5.74, 6) is 0. The normalized spacial score (nSPS) is 9.70. The van der Waals surface area contributed by atoms with E-state index in [0.717, 1.165) is 10.3 Å². The van der Waals surface area contributed by atoms with Crippen LogP contribution in [0.25, 0.3) is 10.3 Å². The van der Waals surface area contributed by atoms with E-state index in [1.807, 2.05) is 18.5 Å². The summed E-state index contributed by atoms with van der Waals surface area (Å²) < 4.78 is 1.78. The Morgan fingerprint density at radius 2 is 2.40 bits per heavy atom. The molecule has 2 aromatic heterocycles. The zero-order chi connectivity index (χ0) is 6.27. The van der Waals surface area contributed by atoms with Crippen LogP contribution in [0.4, 0.5) is 0 Å². The van der Waals surface area contributed by atoms with Crippen molar-refractivity contribution in [2.75, 3.05) is 0 Å². The Labute approximate surface area is 76.3 Å². The fraction of sp³-hybridized carbons (Fsp3) is 0.200. The van der Waals surface area contributed by atoms with E-state index in [9.17, 15) is 0 Å². The molecule has 0 bridgehead atoms. The van der Waals surface area contributed by atoms with Crippen LogP contribution in [0.1, 0.15) is 0 Å². The van der Waals surface area contributed by atoms with E-state index in [0.29, 0.717) is 0 Å². The second-order valence-electron chi connectivity index (χ2n) is 1.82. The smallest absolute Gasteiger partial charge is 0.141 e. The molecule has 0 amide bonds. The monoisotopic (exact) mass is 334 g/mol. The summed E-state index contributed by atoms with van der Waals surface area (Å²) in [7, 11) is 1.89. The van der Waals surface area contributed by atoms with E-state index in [4.69, 9.17) is 0 Å². The predicted molar refractivity (Wildman–Crippen MR) is 36.4 cm³/mol. The third-order valence-corrected chi connectivity index (χ3v) is 2.17. The second-order valence-corrected chi connectivity index (χ2v) is 2.72. The fourth-order valence-corrected chi connectivity index (χ4v) is 1.51. The molecule has 0 unspecified atom stereocenters. The van der Waals surface area contributed by atoms with Gasteiger partial charge in [-0.15, -0.1) is 16.4 Å². The summed E-state index contributed by atoms with van der Waals surface area (Å²) in [4.78, 5) is 1.13. The summed E-state index contributed by atoms with van der Waals surface area (Å²) in [6.07, 6.45) is 0. The van der Waals surface area contributed by atoms with Gasteiger partial charge in [0.2, 0.25) is 0 Å². The van der Waals surface area contributed by atoms with E-state index in [1.165, 1.54) is 0 Å². The Balaban J connectivity index is 0.000000500. The van der Waals surface area contributed by atoms with Gasteiger partial charge in [-0.3, -0.25) is 0 Å². The SMILES string of the molecule is Cn1nnc2ccsc21.[Pt]. The molecule has 0 saturated carbocycles. The van der Waals surface area contributed by atoms with Crippen LogP contribution in [0.15, 0.2) is 11.4 Å². The van der Waals surface area contributed by atoms with Crippen LogP contribution >= 0.6 is 11.3 Å². The Hall–Kier alpha value is -0.212. The molecule has 56 valence electrons. The first-order chi connectivity index (χ1) is 4.38. The second kappa shape index (κ2) is 2.80. The average molecular weight is 334 g/mol. The molecule has 0 radical (unpaired) electrons. The van der Waals surface area contributed by atoms with Crippen molar-refractivity contribution < 1.29 is 21.1 Å².